The van der Waals surface area contributed by atoms with Crippen LogP contribution in [0.15, 0.2) is 82.3 Å². The zero-order chi connectivity index (χ0) is 37.3. The van der Waals surface area contributed by atoms with Crippen LogP contribution in [0.3, 0.4) is 0 Å². The molecule has 276 valence electrons. The highest BCUT2D eigenvalue weighted by Gasteiger charge is 2.15. The number of benzene rings is 4. The molecular weight excluding hydrogens is 816 g/mol. The van der Waals surface area contributed by atoms with E-state index in [2.05, 4.69) is 67.3 Å². The summed E-state index contributed by atoms with van der Waals surface area (Å²) in [7, 11) is 3.05. The Labute approximate surface area is 322 Å². The van der Waals surface area contributed by atoms with Crippen LogP contribution in [-0.2, 0) is 0 Å². The molecule has 1 aliphatic rings. The maximum absolute atomic E-state index is 14.3. The smallest absolute Gasteiger partial charge is 0.163 e. The van der Waals surface area contributed by atoms with Crippen LogP contribution in [0.1, 0.15) is 25.7 Å². The van der Waals surface area contributed by atoms with E-state index in [1.54, 1.807) is 37.4 Å². The van der Waals surface area contributed by atoms with E-state index in [1.165, 1.54) is 70.3 Å². The number of aromatic hydroxyl groups is 1. The van der Waals surface area contributed by atoms with Crippen molar-refractivity contribution < 1.29 is 28.1 Å². The zero-order valence-electron chi connectivity index (χ0n) is 29.0. The summed E-state index contributed by atoms with van der Waals surface area (Å²) in [4.78, 5) is 19.4. The molecule has 0 bridgehead atoms. The average molecular weight is 854 g/mol. The molecule has 53 heavy (non-hydrogen) atoms. The van der Waals surface area contributed by atoms with Gasteiger partial charge in [0.2, 0.25) is 0 Å². The third kappa shape index (κ3) is 9.58. The maximum Gasteiger partial charge on any atom is 0.163 e. The summed E-state index contributed by atoms with van der Waals surface area (Å²) in [6.07, 6.45) is 7.68. The van der Waals surface area contributed by atoms with Gasteiger partial charge in [0.1, 0.15) is 35.9 Å². The van der Waals surface area contributed by atoms with E-state index in [9.17, 15) is 13.9 Å². The van der Waals surface area contributed by atoms with Gasteiger partial charge in [0.25, 0.3) is 0 Å². The number of aromatic nitrogens is 4. The molecule has 4 aromatic carbocycles. The second-order valence-electron chi connectivity index (χ2n) is 12.1. The highest BCUT2D eigenvalue weighted by molar-refractivity contribution is 9.10. The Hall–Kier alpha value is -4.86. The quantitative estimate of drug-likeness (QED) is 0.108. The fourth-order valence-electron chi connectivity index (χ4n) is 5.86. The summed E-state index contributed by atoms with van der Waals surface area (Å²) in [5.74, 6) is 1.66. The van der Waals surface area contributed by atoms with Gasteiger partial charge in [0, 0.05) is 38.4 Å². The van der Waals surface area contributed by atoms with E-state index in [1.807, 2.05) is 12.1 Å². The molecule has 1 fully saturated rings. The third-order valence-corrected chi connectivity index (χ3v) is 9.54. The Balaban J connectivity index is 0.000000192. The van der Waals surface area contributed by atoms with E-state index < -0.39 is 5.82 Å². The van der Waals surface area contributed by atoms with Crippen LogP contribution in [0.25, 0.3) is 21.8 Å². The molecule has 0 spiro atoms. The number of methoxy groups -OCH3 is 2. The van der Waals surface area contributed by atoms with Crippen LogP contribution in [0.2, 0.25) is 0 Å². The van der Waals surface area contributed by atoms with Crippen molar-refractivity contribution in [2.75, 3.05) is 51.1 Å². The van der Waals surface area contributed by atoms with Crippen molar-refractivity contribution in [3.8, 4) is 23.0 Å². The lowest BCUT2D eigenvalue weighted by atomic mass is 10.1. The van der Waals surface area contributed by atoms with Gasteiger partial charge in [-0.2, -0.15) is 0 Å². The summed E-state index contributed by atoms with van der Waals surface area (Å²) in [6, 6.07) is 16.3. The predicted octanol–water partition coefficient (Wildman–Crippen LogP) is 9.53. The number of nitrogens with one attached hydrogen (secondary N) is 2. The first kappa shape index (κ1) is 37.9. The minimum absolute atomic E-state index is 0.0190. The number of rotatable bonds is 11. The molecule has 11 nitrogen and oxygen atoms in total. The molecule has 7 rings (SSSR count). The van der Waals surface area contributed by atoms with Crippen molar-refractivity contribution in [1.29, 1.82) is 0 Å². The van der Waals surface area contributed by atoms with Crippen molar-refractivity contribution in [3.05, 3.63) is 93.9 Å². The first-order valence-electron chi connectivity index (χ1n) is 16.9. The normalized spacial score (nSPS) is 12.9. The van der Waals surface area contributed by atoms with Crippen molar-refractivity contribution in [3.63, 3.8) is 0 Å². The number of ether oxygens (including phenoxy) is 3. The van der Waals surface area contributed by atoms with E-state index in [4.69, 9.17) is 14.2 Å². The monoisotopic (exact) mass is 851 g/mol. The van der Waals surface area contributed by atoms with E-state index >= 15 is 0 Å². The molecule has 0 atom stereocenters. The number of likely N-dealkylation sites (tertiary alicyclic amines) is 1. The molecule has 1 aliphatic heterocycles. The summed E-state index contributed by atoms with van der Waals surface area (Å²) in [6.45, 7) is 4.03. The minimum atomic E-state index is -0.410. The molecular formula is C38H37Br2F2N7O4. The molecule has 0 saturated carbocycles. The number of halogens is 4. The largest absolute Gasteiger partial charge is 0.504 e. The van der Waals surface area contributed by atoms with Gasteiger partial charge < -0.3 is 34.9 Å². The predicted molar refractivity (Wildman–Crippen MR) is 209 cm³/mol. The molecule has 0 unspecified atom stereocenters. The summed E-state index contributed by atoms with van der Waals surface area (Å²) < 4.78 is 46.2. The van der Waals surface area contributed by atoms with Crippen molar-refractivity contribution in [2.24, 2.45) is 0 Å². The summed E-state index contributed by atoms with van der Waals surface area (Å²) >= 11 is 6.48. The van der Waals surface area contributed by atoms with Crippen LogP contribution in [-0.4, -0.2) is 70.4 Å². The number of nitrogens with zero attached hydrogens (tertiary/aromatic N) is 5. The molecule has 3 heterocycles. The number of anilines is 4. The zero-order valence-corrected chi connectivity index (χ0v) is 32.2. The van der Waals surface area contributed by atoms with Crippen LogP contribution in [0, 0.1) is 11.6 Å². The van der Waals surface area contributed by atoms with E-state index in [0.717, 1.165) is 18.4 Å². The van der Waals surface area contributed by atoms with E-state index in [-0.39, 0.29) is 17.3 Å². The lowest BCUT2D eigenvalue weighted by molar-refractivity contribution is 0.203. The lowest BCUT2D eigenvalue weighted by Crippen LogP contribution is -2.31. The first-order chi connectivity index (χ1) is 25.7. The number of fused-ring (bicyclic) bond motifs is 2. The van der Waals surface area contributed by atoms with Crippen molar-refractivity contribution in [2.45, 2.75) is 25.7 Å². The SMILES string of the molecule is COc1cc2c(Nc3ccc(Br)cc3F)ncnc2cc1O.COc1cc2c(Nc3ccc(Br)cc3F)ncnc2cc1OCCCN1CCCCC1. The second kappa shape index (κ2) is 17.8. The summed E-state index contributed by atoms with van der Waals surface area (Å²) in [5, 5.41) is 17.1. The average Bonchev–Trinajstić information content (AvgIpc) is 3.16. The molecule has 0 amide bonds. The van der Waals surface area contributed by atoms with Gasteiger partial charge in [0.15, 0.2) is 23.0 Å². The molecule has 0 aliphatic carbocycles. The Bertz CT molecular complexity index is 2210. The summed E-state index contributed by atoms with van der Waals surface area (Å²) in [5.41, 5.74) is 1.84. The molecule has 2 aromatic heterocycles. The Morgan fingerprint density at radius 2 is 1.25 bits per heavy atom. The fourth-order valence-corrected chi connectivity index (χ4v) is 6.53. The fraction of sp³-hybridized carbons (Fsp3) is 0.263. The molecule has 15 heteroatoms. The van der Waals surface area contributed by atoms with Crippen molar-refractivity contribution in [1.82, 2.24) is 24.8 Å². The van der Waals surface area contributed by atoms with Crippen molar-refractivity contribution >= 4 is 76.7 Å². The van der Waals surface area contributed by atoms with Gasteiger partial charge in [-0.25, -0.2) is 28.7 Å². The number of piperidine rings is 1. The third-order valence-electron chi connectivity index (χ3n) is 8.55. The molecule has 1 saturated heterocycles. The number of phenols is 1. The first-order valence-corrected chi connectivity index (χ1v) is 18.4. The highest BCUT2D eigenvalue weighted by Crippen LogP contribution is 2.36. The van der Waals surface area contributed by atoms with Crippen LogP contribution in [0.4, 0.5) is 31.8 Å². The number of hydrogen-bond acceptors (Lipinski definition) is 11. The Morgan fingerprint density at radius 3 is 1.79 bits per heavy atom. The number of hydrogen-bond donors (Lipinski definition) is 3. The van der Waals surface area contributed by atoms with Gasteiger partial charge in [-0.15, -0.1) is 0 Å². The van der Waals surface area contributed by atoms with Gasteiger partial charge >= 0.3 is 0 Å². The Morgan fingerprint density at radius 1 is 0.698 bits per heavy atom. The van der Waals surface area contributed by atoms with Gasteiger partial charge in [-0.3, -0.25) is 0 Å². The second-order valence-corrected chi connectivity index (χ2v) is 13.9. The molecule has 3 N–H and O–H groups in total. The van der Waals surface area contributed by atoms with Gasteiger partial charge in [-0.1, -0.05) is 38.3 Å². The maximum atomic E-state index is 14.3. The van der Waals surface area contributed by atoms with Gasteiger partial charge in [-0.05, 0) is 80.9 Å². The van der Waals surface area contributed by atoms with Crippen LogP contribution >= 0.6 is 31.9 Å². The van der Waals surface area contributed by atoms with Crippen LogP contribution in [0.5, 0.6) is 23.0 Å². The standard InChI is InChI=1S/C23H26BrFN4O2.C15H11BrFN3O2/c1-30-21-13-17-20(14-22(21)31-11-5-10-29-8-3-2-4-9-29)26-15-27-23(17)28-19-7-6-16(24)12-18(19)25;1-22-14-5-9-12(6-13(14)21)18-7-19-15(9)20-11-3-2-8(16)4-10(11)17/h6-7,12-15H,2-5,8-11H2,1H3,(H,26,27,28);2-7,21H,1H3,(H,18,19,20). The topological polar surface area (TPSA) is 127 Å². The van der Waals surface area contributed by atoms with Gasteiger partial charge in [0.05, 0.1) is 43.2 Å². The van der Waals surface area contributed by atoms with Crippen LogP contribution < -0.4 is 24.8 Å². The minimum Gasteiger partial charge on any atom is -0.504 e. The highest BCUT2D eigenvalue weighted by atomic mass is 79.9. The Kier molecular flexibility index (Phi) is 12.7. The lowest BCUT2D eigenvalue weighted by Gasteiger charge is -2.26. The molecule has 6 aromatic rings. The van der Waals surface area contributed by atoms with E-state index in [0.29, 0.717) is 66.5 Å². The molecule has 0 radical (unpaired) electrons. The number of phenolic OH excluding ortho intramolecular Hbond substituents is 1.